The number of fused-ring (bicyclic) bond motifs is 1. The van der Waals surface area contributed by atoms with Crippen LogP contribution in [0.4, 0.5) is 5.69 Å². The number of carboxylic acids is 1. The summed E-state index contributed by atoms with van der Waals surface area (Å²) in [7, 11) is 0. The third kappa shape index (κ3) is 3.03. The van der Waals surface area contributed by atoms with Gasteiger partial charge in [0.1, 0.15) is 11.3 Å². The molecule has 0 aliphatic heterocycles. The second-order valence-corrected chi connectivity index (χ2v) is 3.63. The smallest absolute Gasteiger partial charge is 0.870 e. The molecule has 0 atom stereocenters. The van der Waals surface area contributed by atoms with Crippen LogP contribution >= 0.6 is 11.6 Å². The maximum Gasteiger partial charge on any atom is 1.00 e. The molecule has 2 aromatic rings. The predicted molar refractivity (Wildman–Crippen MR) is 59.3 cm³/mol. The molecule has 0 bridgehead atoms. The van der Waals surface area contributed by atoms with Gasteiger partial charge in [-0.1, -0.05) is 11.6 Å². The van der Waals surface area contributed by atoms with Crippen molar-refractivity contribution >= 4 is 34.2 Å². The van der Waals surface area contributed by atoms with Gasteiger partial charge in [-0.3, -0.25) is 0 Å². The minimum atomic E-state index is -1.09. The zero-order chi connectivity index (χ0) is 11.2. The van der Waals surface area contributed by atoms with Crippen LogP contribution in [0.15, 0.2) is 16.5 Å². The first-order valence-corrected chi connectivity index (χ1v) is 4.60. The second kappa shape index (κ2) is 6.19. The fourth-order valence-electron chi connectivity index (χ4n) is 1.47. The Labute approximate surface area is 145 Å². The van der Waals surface area contributed by atoms with E-state index in [4.69, 9.17) is 26.9 Å². The zero-order valence-electron chi connectivity index (χ0n) is 9.32. The summed E-state index contributed by atoms with van der Waals surface area (Å²) in [6.07, 6.45) is 0. The SMILES string of the molecule is Cc1cc2c(N)c(Cl)cc(C(=O)O)c2o1.[K+].[OH-]. The number of nitrogens with two attached hydrogens (primary N) is 1. The van der Waals surface area contributed by atoms with Crippen LogP contribution in [0.5, 0.6) is 0 Å². The molecular formula is C10H9ClKNO4. The summed E-state index contributed by atoms with van der Waals surface area (Å²) < 4.78 is 5.28. The van der Waals surface area contributed by atoms with Gasteiger partial charge in [0.15, 0.2) is 5.58 Å². The monoisotopic (exact) mass is 281 g/mol. The first-order chi connectivity index (χ1) is 7.00. The molecule has 0 radical (unpaired) electrons. The molecule has 1 heterocycles. The van der Waals surface area contributed by atoms with E-state index in [1.54, 1.807) is 13.0 Å². The van der Waals surface area contributed by atoms with E-state index in [0.717, 1.165) is 0 Å². The van der Waals surface area contributed by atoms with E-state index in [2.05, 4.69) is 0 Å². The number of rotatable bonds is 1. The molecule has 1 aromatic heterocycles. The fraction of sp³-hybridized carbons (Fsp3) is 0.100. The zero-order valence-corrected chi connectivity index (χ0v) is 13.2. The molecule has 17 heavy (non-hydrogen) atoms. The molecular weight excluding hydrogens is 273 g/mol. The van der Waals surface area contributed by atoms with Crippen molar-refractivity contribution in [2.24, 2.45) is 0 Å². The molecule has 86 valence electrons. The summed E-state index contributed by atoms with van der Waals surface area (Å²) in [6.45, 7) is 1.72. The molecule has 0 amide bonds. The van der Waals surface area contributed by atoms with Crippen molar-refractivity contribution in [3.8, 4) is 0 Å². The molecule has 7 heteroatoms. The van der Waals surface area contributed by atoms with Gasteiger partial charge in [0.2, 0.25) is 0 Å². The van der Waals surface area contributed by atoms with Crippen LogP contribution in [0.25, 0.3) is 11.0 Å². The summed E-state index contributed by atoms with van der Waals surface area (Å²) in [6, 6.07) is 2.97. The van der Waals surface area contributed by atoms with Gasteiger partial charge in [-0.05, 0) is 19.1 Å². The molecule has 2 rings (SSSR count). The van der Waals surface area contributed by atoms with E-state index < -0.39 is 5.97 Å². The summed E-state index contributed by atoms with van der Waals surface area (Å²) in [5, 5.41) is 9.71. The Morgan fingerprint density at radius 2 is 2.06 bits per heavy atom. The normalized spacial score (nSPS) is 9.53. The number of hydrogen-bond acceptors (Lipinski definition) is 4. The van der Waals surface area contributed by atoms with Gasteiger partial charge in [0, 0.05) is 5.39 Å². The number of aromatic carboxylic acids is 1. The van der Waals surface area contributed by atoms with Crippen molar-refractivity contribution in [2.45, 2.75) is 6.92 Å². The number of aryl methyl sites for hydroxylation is 1. The van der Waals surface area contributed by atoms with Crippen LogP contribution in [0.2, 0.25) is 5.02 Å². The Kier molecular flexibility index (Phi) is 6.16. The summed E-state index contributed by atoms with van der Waals surface area (Å²) in [4.78, 5) is 10.9. The van der Waals surface area contributed by atoms with Gasteiger partial charge in [-0.15, -0.1) is 0 Å². The van der Waals surface area contributed by atoms with Gasteiger partial charge in [-0.2, -0.15) is 0 Å². The van der Waals surface area contributed by atoms with Crippen molar-refractivity contribution in [3.05, 3.63) is 28.5 Å². The van der Waals surface area contributed by atoms with Crippen LogP contribution in [0.3, 0.4) is 0 Å². The van der Waals surface area contributed by atoms with Gasteiger partial charge in [0.05, 0.1) is 10.7 Å². The molecule has 0 saturated carbocycles. The Morgan fingerprint density at radius 3 is 2.59 bits per heavy atom. The molecule has 0 unspecified atom stereocenters. The maximum atomic E-state index is 10.9. The molecule has 4 N–H and O–H groups in total. The van der Waals surface area contributed by atoms with Crippen molar-refractivity contribution in [1.29, 1.82) is 0 Å². The van der Waals surface area contributed by atoms with Crippen LogP contribution in [0, 0.1) is 6.92 Å². The molecule has 0 fully saturated rings. The molecule has 0 spiro atoms. The molecule has 5 nitrogen and oxygen atoms in total. The number of halogens is 1. The average Bonchev–Trinajstić information content (AvgIpc) is 2.53. The Morgan fingerprint density at radius 1 is 1.47 bits per heavy atom. The quantitative estimate of drug-likeness (QED) is 0.541. The van der Waals surface area contributed by atoms with Crippen LogP contribution in [0.1, 0.15) is 16.1 Å². The van der Waals surface area contributed by atoms with E-state index in [-0.39, 0.29) is 73.0 Å². The minimum absolute atomic E-state index is 0. The number of carbonyl (C=O) groups is 1. The topological polar surface area (TPSA) is 106 Å². The van der Waals surface area contributed by atoms with Gasteiger partial charge < -0.3 is 20.7 Å². The average molecular weight is 282 g/mol. The number of anilines is 1. The van der Waals surface area contributed by atoms with Crippen molar-refractivity contribution in [1.82, 2.24) is 0 Å². The summed E-state index contributed by atoms with van der Waals surface area (Å²) in [5.74, 6) is -0.488. The van der Waals surface area contributed by atoms with E-state index in [0.29, 0.717) is 16.8 Å². The predicted octanol–water partition coefficient (Wildman–Crippen LogP) is -0.498. The van der Waals surface area contributed by atoms with E-state index in [9.17, 15) is 4.79 Å². The van der Waals surface area contributed by atoms with Crippen molar-refractivity contribution in [2.75, 3.05) is 5.73 Å². The van der Waals surface area contributed by atoms with Gasteiger partial charge in [-0.25, -0.2) is 4.79 Å². The number of furan rings is 1. The third-order valence-electron chi connectivity index (χ3n) is 2.15. The molecule has 0 aliphatic rings. The number of nitrogen functional groups attached to an aromatic ring is 1. The molecule has 1 aromatic carbocycles. The number of carboxylic acid groups (broad SMARTS) is 1. The van der Waals surface area contributed by atoms with E-state index in [1.165, 1.54) is 6.07 Å². The standard InChI is InChI=1S/C10H8ClNO3.K.H2O/c1-4-2-5-8(12)7(11)3-6(10(13)14)9(5)15-4;;/h2-3H,12H2,1H3,(H,13,14);;1H2/q;+1;/p-1. The summed E-state index contributed by atoms with van der Waals surface area (Å²) in [5.41, 5.74) is 6.35. The first-order valence-electron chi connectivity index (χ1n) is 4.22. The van der Waals surface area contributed by atoms with E-state index in [1.807, 2.05) is 0 Å². The minimum Gasteiger partial charge on any atom is -0.870 e. The molecule has 0 aliphatic carbocycles. The van der Waals surface area contributed by atoms with Gasteiger partial charge >= 0.3 is 57.4 Å². The first kappa shape index (κ1) is 16.9. The summed E-state index contributed by atoms with van der Waals surface area (Å²) >= 11 is 5.82. The van der Waals surface area contributed by atoms with Crippen LogP contribution < -0.4 is 57.1 Å². The Hall–Kier alpha value is -0.0836. The fourth-order valence-corrected chi connectivity index (χ4v) is 1.68. The Bertz CT molecular complexity index is 567. The second-order valence-electron chi connectivity index (χ2n) is 3.22. The third-order valence-corrected chi connectivity index (χ3v) is 2.46. The Balaban J connectivity index is 0.00000128. The van der Waals surface area contributed by atoms with Crippen molar-refractivity contribution < 1.29 is 71.2 Å². The maximum absolute atomic E-state index is 10.9. The van der Waals surface area contributed by atoms with E-state index >= 15 is 0 Å². The number of benzene rings is 1. The molecule has 0 saturated heterocycles. The van der Waals surface area contributed by atoms with Crippen molar-refractivity contribution in [3.63, 3.8) is 0 Å². The van der Waals surface area contributed by atoms with Crippen LogP contribution in [-0.4, -0.2) is 16.6 Å². The largest absolute Gasteiger partial charge is 1.00 e. The number of hydrogen-bond donors (Lipinski definition) is 2. The van der Waals surface area contributed by atoms with Gasteiger partial charge in [0.25, 0.3) is 0 Å². The van der Waals surface area contributed by atoms with Crippen LogP contribution in [-0.2, 0) is 0 Å².